The van der Waals surface area contributed by atoms with Gasteiger partial charge < -0.3 is 30.9 Å². The van der Waals surface area contributed by atoms with Crippen LogP contribution in [0, 0.1) is 16.7 Å². The first-order valence-corrected chi connectivity index (χ1v) is 13.8. The van der Waals surface area contributed by atoms with Crippen LogP contribution in [0.1, 0.15) is 51.9 Å². The van der Waals surface area contributed by atoms with Crippen molar-refractivity contribution >= 4 is 29.2 Å². The number of nitrogen functional groups attached to an aromatic ring is 1. The van der Waals surface area contributed by atoms with Crippen LogP contribution in [0.3, 0.4) is 0 Å². The van der Waals surface area contributed by atoms with Crippen LogP contribution < -0.4 is 16.4 Å². The Kier molecular flexibility index (Phi) is 12.2. The number of nitriles is 1. The molecule has 1 unspecified atom stereocenters. The molecule has 1 aliphatic heterocycles. The Labute approximate surface area is 235 Å². The summed E-state index contributed by atoms with van der Waals surface area (Å²) in [5, 5.41) is 25.2. The van der Waals surface area contributed by atoms with Gasteiger partial charge in [0.2, 0.25) is 0 Å². The van der Waals surface area contributed by atoms with Crippen LogP contribution in [0.25, 0.3) is 11.3 Å². The quantitative estimate of drug-likeness (QED) is 0.327. The topological polar surface area (TPSA) is 155 Å². The minimum atomic E-state index is -0.903. The van der Waals surface area contributed by atoms with E-state index in [-0.39, 0.29) is 12.6 Å². The first kappa shape index (κ1) is 30.6. The molecule has 1 saturated heterocycles. The Bertz CT molecular complexity index is 1100. The molecule has 3 heterocycles. The van der Waals surface area contributed by atoms with Gasteiger partial charge in [-0.3, -0.25) is 0 Å². The molecule has 10 nitrogen and oxygen atoms in total. The fraction of sp³-hybridized carbons (Fsp3) is 0.571. The average molecular weight is 559 g/mol. The van der Waals surface area contributed by atoms with Gasteiger partial charge in [-0.2, -0.15) is 5.26 Å². The average Bonchev–Trinajstić information content (AvgIpc) is 2.94. The number of nitrogens with one attached hydrogen (secondary N) is 2. The van der Waals surface area contributed by atoms with Gasteiger partial charge in [-0.15, -0.1) is 0 Å². The molecule has 4 rings (SSSR count). The van der Waals surface area contributed by atoms with Crippen LogP contribution in [0.5, 0.6) is 0 Å². The van der Waals surface area contributed by atoms with E-state index in [0.29, 0.717) is 54.8 Å². The smallest absolute Gasteiger partial charge is 0.329 e. The monoisotopic (exact) mass is 558 g/mol. The van der Waals surface area contributed by atoms with Crippen molar-refractivity contribution in [3.63, 3.8) is 0 Å². The minimum Gasteiger partial charge on any atom is -0.480 e. The lowest BCUT2D eigenvalue weighted by molar-refractivity contribution is -0.142. The number of carboxylic acids is 1. The first-order chi connectivity index (χ1) is 18.8. The minimum absolute atomic E-state index is 0.198. The van der Waals surface area contributed by atoms with E-state index in [4.69, 9.17) is 31.9 Å². The molecule has 0 spiro atoms. The molecule has 212 valence electrons. The largest absolute Gasteiger partial charge is 0.480 e. The molecule has 0 aromatic carbocycles. The van der Waals surface area contributed by atoms with Gasteiger partial charge in [0.05, 0.1) is 28.8 Å². The Balaban J connectivity index is 0.000000242. The summed E-state index contributed by atoms with van der Waals surface area (Å²) in [7, 11) is 0. The third-order valence-electron chi connectivity index (χ3n) is 6.92. The number of aromatic nitrogens is 2. The molecule has 1 atom stereocenters. The molecule has 0 radical (unpaired) electrons. The van der Waals surface area contributed by atoms with Gasteiger partial charge in [0, 0.05) is 43.6 Å². The second-order valence-corrected chi connectivity index (χ2v) is 10.6. The zero-order chi connectivity index (χ0) is 28.1. The summed E-state index contributed by atoms with van der Waals surface area (Å²) in [5.41, 5.74) is 6.76. The van der Waals surface area contributed by atoms with Gasteiger partial charge in [0.25, 0.3) is 0 Å². The second kappa shape index (κ2) is 15.6. The Morgan fingerprint density at radius 3 is 2.77 bits per heavy atom. The number of halogens is 1. The zero-order valence-corrected chi connectivity index (χ0v) is 23.3. The number of aliphatic carboxylic acids is 1. The number of ether oxygens (including phenoxy) is 2. The number of hydrogen-bond donors (Lipinski definition) is 4. The fourth-order valence-corrected chi connectivity index (χ4v) is 4.93. The molecular weight excluding hydrogens is 520 g/mol. The van der Waals surface area contributed by atoms with Crippen molar-refractivity contribution in [1.29, 1.82) is 5.26 Å². The van der Waals surface area contributed by atoms with Crippen molar-refractivity contribution in [2.24, 2.45) is 5.41 Å². The molecule has 5 N–H and O–H groups in total. The van der Waals surface area contributed by atoms with Crippen LogP contribution in [-0.2, 0) is 14.3 Å². The number of carboxylic acid groups (broad SMARTS) is 1. The third kappa shape index (κ3) is 10.3. The van der Waals surface area contributed by atoms with E-state index in [9.17, 15) is 10.1 Å². The lowest BCUT2D eigenvalue weighted by Crippen LogP contribution is -2.40. The molecular formula is C28H39ClN6O4. The predicted molar refractivity (Wildman–Crippen MR) is 151 cm³/mol. The number of carbonyl (C=O) groups is 1. The predicted octanol–water partition coefficient (Wildman–Crippen LogP) is 4.51. The molecule has 2 aliphatic rings. The van der Waals surface area contributed by atoms with Crippen LogP contribution >= 0.6 is 11.6 Å². The molecule has 1 saturated carbocycles. The Morgan fingerprint density at radius 1 is 1.33 bits per heavy atom. The van der Waals surface area contributed by atoms with Gasteiger partial charge in [-0.25, -0.2) is 14.8 Å². The van der Waals surface area contributed by atoms with E-state index in [1.54, 1.807) is 6.07 Å². The van der Waals surface area contributed by atoms with Crippen molar-refractivity contribution in [1.82, 2.24) is 15.3 Å². The van der Waals surface area contributed by atoms with Crippen molar-refractivity contribution in [3.05, 3.63) is 35.5 Å². The summed E-state index contributed by atoms with van der Waals surface area (Å²) in [6.45, 7) is 4.09. The standard InChI is InChI=1S/C17H18ClN5O.C11H21NO3/c18-13-9-21-15(20)8-12(13)14-2-1-3-16(23-14)22-11-17(10-19)4-6-24-7-5-17;1-9(7-15-8-11(13)14)12-10-5-3-2-4-6-10/h1-3,8-9H,4-7,11H2,(H2,20,21)(H,22,23);9-10,12H,2-8H2,1H3,(H,13,14). The molecule has 2 fully saturated rings. The van der Waals surface area contributed by atoms with Crippen molar-refractivity contribution in [3.8, 4) is 17.3 Å². The first-order valence-electron chi connectivity index (χ1n) is 13.5. The fourth-order valence-electron chi connectivity index (χ4n) is 4.73. The van der Waals surface area contributed by atoms with E-state index < -0.39 is 11.4 Å². The molecule has 39 heavy (non-hydrogen) atoms. The number of pyridine rings is 2. The lowest BCUT2D eigenvalue weighted by atomic mass is 9.82. The maximum absolute atomic E-state index is 10.2. The highest BCUT2D eigenvalue weighted by Gasteiger charge is 2.32. The maximum Gasteiger partial charge on any atom is 0.329 e. The van der Waals surface area contributed by atoms with Crippen molar-refractivity contribution in [2.45, 2.75) is 64.0 Å². The van der Waals surface area contributed by atoms with E-state index in [0.717, 1.165) is 18.4 Å². The molecule has 11 heteroatoms. The number of nitrogens with zero attached hydrogens (tertiary/aromatic N) is 3. The van der Waals surface area contributed by atoms with Gasteiger partial charge in [-0.05, 0) is 50.8 Å². The van der Waals surface area contributed by atoms with E-state index in [1.165, 1.54) is 38.3 Å². The van der Waals surface area contributed by atoms with Crippen molar-refractivity contribution in [2.75, 3.05) is 44.0 Å². The highest BCUT2D eigenvalue weighted by atomic mass is 35.5. The Hall–Kier alpha value is -2.97. The summed E-state index contributed by atoms with van der Waals surface area (Å²) in [6, 6.07) is 10.6. The van der Waals surface area contributed by atoms with Gasteiger partial charge in [0.15, 0.2) is 0 Å². The van der Waals surface area contributed by atoms with Gasteiger partial charge in [0.1, 0.15) is 18.2 Å². The SMILES string of the molecule is CC(COCC(=O)O)NC1CCCCC1.N#CC1(CNc2cccc(-c3cc(N)ncc3Cl)n2)CCOCC1. The number of hydrogen-bond acceptors (Lipinski definition) is 9. The highest BCUT2D eigenvalue weighted by molar-refractivity contribution is 6.33. The summed E-state index contributed by atoms with van der Waals surface area (Å²) in [6.07, 6.45) is 9.40. The number of anilines is 2. The third-order valence-corrected chi connectivity index (χ3v) is 7.22. The van der Waals surface area contributed by atoms with Crippen LogP contribution in [-0.4, -0.2) is 66.1 Å². The van der Waals surface area contributed by atoms with E-state index in [1.807, 2.05) is 25.1 Å². The number of rotatable bonds is 10. The lowest BCUT2D eigenvalue weighted by Gasteiger charge is -2.30. The van der Waals surface area contributed by atoms with Gasteiger partial charge in [-0.1, -0.05) is 36.9 Å². The Morgan fingerprint density at radius 2 is 2.08 bits per heavy atom. The summed E-state index contributed by atoms with van der Waals surface area (Å²) >= 11 is 6.19. The number of nitrogens with two attached hydrogens (primary N) is 1. The molecule has 0 bridgehead atoms. The molecule has 0 amide bonds. The molecule has 2 aromatic heterocycles. The highest BCUT2D eigenvalue weighted by Crippen LogP contribution is 2.31. The van der Waals surface area contributed by atoms with Crippen molar-refractivity contribution < 1.29 is 19.4 Å². The summed E-state index contributed by atoms with van der Waals surface area (Å²) in [4.78, 5) is 18.8. The van der Waals surface area contributed by atoms with Gasteiger partial charge >= 0.3 is 5.97 Å². The van der Waals surface area contributed by atoms with Crippen LogP contribution in [0.2, 0.25) is 5.02 Å². The summed E-state index contributed by atoms with van der Waals surface area (Å²) in [5.74, 6) is 0.181. The molecule has 2 aromatic rings. The summed E-state index contributed by atoms with van der Waals surface area (Å²) < 4.78 is 10.4. The van der Waals surface area contributed by atoms with E-state index in [2.05, 4.69) is 26.7 Å². The second-order valence-electron chi connectivity index (χ2n) is 10.2. The zero-order valence-electron chi connectivity index (χ0n) is 22.5. The van der Waals surface area contributed by atoms with Crippen LogP contribution in [0.15, 0.2) is 30.5 Å². The van der Waals surface area contributed by atoms with E-state index >= 15 is 0 Å². The molecule has 1 aliphatic carbocycles. The maximum atomic E-state index is 10.2. The normalized spacial score (nSPS) is 17.8. The van der Waals surface area contributed by atoms with Crippen LogP contribution in [0.4, 0.5) is 11.6 Å².